The molecule has 4 heteroatoms. The lowest BCUT2D eigenvalue weighted by Crippen LogP contribution is -2.00. The number of halogens is 2. The molecule has 0 aromatic heterocycles. The van der Waals surface area contributed by atoms with Crippen molar-refractivity contribution in [1.29, 1.82) is 0 Å². The average molecular weight is 320 g/mol. The summed E-state index contributed by atoms with van der Waals surface area (Å²) in [5, 5.41) is 0. The molecule has 1 aromatic rings. The van der Waals surface area contributed by atoms with Crippen LogP contribution in [-0.2, 0) is 0 Å². The number of hydrogen-bond donors (Lipinski definition) is 0. The summed E-state index contributed by atoms with van der Waals surface area (Å²) in [6.07, 6.45) is 0. The fourth-order valence-electron chi connectivity index (χ4n) is 1.24. The Morgan fingerprint density at radius 3 is 1.43 bits per heavy atom. The third kappa shape index (κ3) is 2.30. The van der Waals surface area contributed by atoms with E-state index in [9.17, 15) is 9.59 Å². The van der Waals surface area contributed by atoms with Crippen LogP contribution in [-0.4, -0.2) is 9.39 Å². The molecule has 0 spiro atoms. The molecule has 0 fully saturated rings. The van der Waals surface area contributed by atoms with Crippen LogP contribution < -0.4 is 0 Å². The molecule has 0 bridgehead atoms. The number of benzene rings is 1. The van der Waals surface area contributed by atoms with Gasteiger partial charge in [0, 0.05) is 11.1 Å². The highest BCUT2D eigenvalue weighted by atomic mass is 79.9. The Bertz CT molecular complexity index is 371. The minimum absolute atomic E-state index is 0.160. The second kappa shape index (κ2) is 4.36. The van der Waals surface area contributed by atoms with E-state index in [2.05, 4.69) is 31.9 Å². The number of rotatable bonds is 2. The van der Waals surface area contributed by atoms with E-state index < -0.39 is 0 Å². The molecular formula is C10H8Br2O2. The van der Waals surface area contributed by atoms with Crippen molar-refractivity contribution in [3.8, 4) is 0 Å². The Kier molecular flexibility index (Phi) is 3.61. The normalized spacial score (nSPS) is 10.0. The van der Waals surface area contributed by atoms with Crippen molar-refractivity contribution >= 4 is 41.2 Å². The number of carbonyl (C=O) groups is 2. The van der Waals surface area contributed by atoms with Gasteiger partial charge in [-0.15, -0.1) is 0 Å². The third-order valence-corrected chi connectivity index (χ3v) is 2.85. The lowest BCUT2D eigenvalue weighted by molar-refractivity contribution is 0.108. The van der Waals surface area contributed by atoms with Crippen LogP contribution in [0.5, 0.6) is 0 Å². The highest BCUT2D eigenvalue weighted by Crippen LogP contribution is 2.20. The molecular weight excluding hydrogens is 312 g/mol. The number of aryl methyl sites for hydroxylation is 2. The first kappa shape index (κ1) is 11.6. The summed E-state index contributed by atoms with van der Waals surface area (Å²) in [6.45, 7) is 3.60. The molecule has 1 rings (SSSR count). The quantitative estimate of drug-likeness (QED) is 0.783. The van der Waals surface area contributed by atoms with Crippen LogP contribution in [0.15, 0.2) is 12.1 Å². The topological polar surface area (TPSA) is 34.1 Å². The van der Waals surface area contributed by atoms with Gasteiger partial charge in [-0.3, -0.25) is 9.59 Å². The number of carbonyl (C=O) groups excluding carboxylic acids is 2. The molecule has 0 aliphatic rings. The molecule has 0 aliphatic carbocycles. The molecule has 0 amide bonds. The van der Waals surface area contributed by atoms with E-state index in [0.29, 0.717) is 11.1 Å². The second-order valence-electron chi connectivity index (χ2n) is 3.03. The smallest absolute Gasteiger partial charge is 0.228 e. The van der Waals surface area contributed by atoms with E-state index in [1.165, 1.54) is 0 Å². The van der Waals surface area contributed by atoms with Crippen molar-refractivity contribution in [1.82, 2.24) is 0 Å². The second-order valence-corrected chi connectivity index (χ2v) is 4.47. The standard InChI is InChI=1S/C10H8Br2O2/c1-5-3-8(10(12)14)6(2)4-7(5)9(11)13/h3-4H,1-2H3. The first-order valence-corrected chi connectivity index (χ1v) is 5.53. The van der Waals surface area contributed by atoms with E-state index in [1.807, 2.05) is 0 Å². The summed E-state index contributed by atoms with van der Waals surface area (Å²) < 4.78 is -0.321. The van der Waals surface area contributed by atoms with Crippen LogP contribution in [0, 0.1) is 13.8 Å². The van der Waals surface area contributed by atoms with Gasteiger partial charge in [-0.25, -0.2) is 0 Å². The molecule has 0 radical (unpaired) electrons. The van der Waals surface area contributed by atoms with Crippen molar-refractivity contribution in [2.75, 3.05) is 0 Å². The van der Waals surface area contributed by atoms with Crippen molar-refractivity contribution in [3.05, 3.63) is 34.4 Å². The molecule has 0 heterocycles. The maximum absolute atomic E-state index is 11.1. The van der Waals surface area contributed by atoms with Gasteiger partial charge in [-0.05, 0) is 69.0 Å². The van der Waals surface area contributed by atoms with Crippen LogP contribution in [0.1, 0.15) is 31.8 Å². The van der Waals surface area contributed by atoms with Crippen molar-refractivity contribution in [2.45, 2.75) is 13.8 Å². The van der Waals surface area contributed by atoms with Gasteiger partial charge in [0.05, 0.1) is 0 Å². The zero-order valence-electron chi connectivity index (χ0n) is 7.73. The summed E-state index contributed by atoms with van der Waals surface area (Å²) in [7, 11) is 0. The summed E-state index contributed by atoms with van der Waals surface area (Å²) >= 11 is 5.79. The summed E-state index contributed by atoms with van der Waals surface area (Å²) in [4.78, 5) is 22.2. The minimum atomic E-state index is -0.160. The maximum atomic E-state index is 11.1. The Hall–Kier alpha value is -0.480. The molecule has 2 nitrogen and oxygen atoms in total. The fourth-order valence-corrected chi connectivity index (χ4v) is 2.09. The van der Waals surface area contributed by atoms with Gasteiger partial charge in [0.25, 0.3) is 0 Å². The summed E-state index contributed by atoms with van der Waals surface area (Å²) in [6, 6.07) is 3.42. The van der Waals surface area contributed by atoms with Crippen LogP contribution in [0.2, 0.25) is 0 Å². The Morgan fingerprint density at radius 2 is 1.21 bits per heavy atom. The van der Waals surface area contributed by atoms with Crippen LogP contribution in [0.25, 0.3) is 0 Å². The Balaban J connectivity index is 3.38. The lowest BCUT2D eigenvalue weighted by Gasteiger charge is -2.06. The van der Waals surface area contributed by atoms with Gasteiger partial charge in [-0.2, -0.15) is 0 Å². The van der Waals surface area contributed by atoms with Crippen molar-refractivity contribution < 1.29 is 9.59 Å². The first-order valence-electron chi connectivity index (χ1n) is 3.94. The largest absolute Gasteiger partial charge is 0.281 e. The minimum Gasteiger partial charge on any atom is -0.281 e. The predicted octanol–water partition coefficient (Wildman–Crippen LogP) is 3.37. The maximum Gasteiger partial charge on any atom is 0.228 e. The zero-order valence-corrected chi connectivity index (χ0v) is 10.9. The number of hydrogen-bond acceptors (Lipinski definition) is 2. The molecule has 0 atom stereocenters. The average Bonchev–Trinajstić information content (AvgIpc) is 2.07. The van der Waals surface area contributed by atoms with Crippen LogP contribution >= 0.6 is 31.9 Å². The van der Waals surface area contributed by atoms with Gasteiger partial charge >= 0.3 is 0 Å². The van der Waals surface area contributed by atoms with Gasteiger partial charge < -0.3 is 0 Å². The van der Waals surface area contributed by atoms with E-state index in [0.717, 1.165) is 11.1 Å². The third-order valence-electron chi connectivity index (χ3n) is 1.99. The Morgan fingerprint density at radius 1 is 0.929 bits per heavy atom. The van der Waals surface area contributed by atoms with Gasteiger partial charge in [0.15, 0.2) is 0 Å². The van der Waals surface area contributed by atoms with Gasteiger partial charge in [0.1, 0.15) is 0 Å². The first-order chi connectivity index (χ1) is 6.43. The monoisotopic (exact) mass is 318 g/mol. The van der Waals surface area contributed by atoms with E-state index in [4.69, 9.17) is 0 Å². The molecule has 14 heavy (non-hydrogen) atoms. The fraction of sp³-hybridized carbons (Fsp3) is 0.200. The van der Waals surface area contributed by atoms with E-state index in [1.54, 1.807) is 26.0 Å². The summed E-state index contributed by atoms with van der Waals surface area (Å²) in [5.41, 5.74) is 2.78. The Labute approximate surface area is 98.9 Å². The highest BCUT2D eigenvalue weighted by molar-refractivity contribution is 9.18. The van der Waals surface area contributed by atoms with E-state index >= 15 is 0 Å². The van der Waals surface area contributed by atoms with Crippen LogP contribution in [0.4, 0.5) is 0 Å². The van der Waals surface area contributed by atoms with Crippen LogP contribution in [0.3, 0.4) is 0 Å². The molecule has 0 N–H and O–H groups in total. The molecule has 1 aromatic carbocycles. The predicted molar refractivity (Wildman–Crippen MR) is 62.4 cm³/mol. The van der Waals surface area contributed by atoms with Gasteiger partial charge in [0.2, 0.25) is 9.39 Å². The summed E-state index contributed by atoms with van der Waals surface area (Å²) in [5.74, 6) is 0. The molecule has 0 saturated heterocycles. The SMILES string of the molecule is Cc1cc(C(=O)Br)c(C)cc1C(=O)Br. The van der Waals surface area contributed by atoms with Crippen molar-refractivity contribution in [3.63, 3.8) is 0 Å². The highest BCUT2D eigenvalue weighted by Gasteiger charge is 2.11. The molecule has 74 valence electrons. The molecule has 0 saturated carbocycles. The zero-order chi connectivity index (χ0) is 10.9. The molecule has 0 unspecified atom stereocenters. The van der Waals surface area contributed by atoms with Gasteiger partial charge in [-0.1, -0.05) is 0 Å². The van der Waals surface area contributed by atoms with E-state index in [-0.39, 0.29) is 9.39 Å². The lowest BCUT2D eigenvalue weighted by atomic mass is 10.0. The van der Waals surface area contributed by atoms with Crippen molar-refractivity contribution in [2.24, 2.45) is 0 Å². The molecule has 0 aliphatic heterocycles.